The summed E-state index contributed by atoms with van der Waals surface area (Å²) in [6, 6.07) is 18.3. The first kappa shape index (κ1) is 17.2. The minimum absolute atomic E-state index is 0.0186. The largest absolute Gasteiger partial charge is 0.383 e. The lowest BCUT2D eigenvalue weighted by atomic mass is 10.0. The highest BCUT2D eigenvalue weighted by Crippen LogP contribution is 2.19. The second kappa shape index (κ2) is 7.99. The predicted molar refractivity (Wildman–Crippen MR) is 101 cm³/mol. The van der Waals surface area contributed by atoms with Gasteiger partial charge in [0.1, 0.15) is 0 Å². The number of H-pyrrole nitrogens is 1. The van der Waals surface area contributed by atoms with Crippen LogP contribution in [0, 0.1) is 0 Å². The molecule has 2 aromatic carbocycles. The van der Waals surface area contributed by atoms with Crippen molar-refractivity contribution < 1.29 is 9.53 Å². The number of nitrogens with one attached hydrogen (secondary N) is 1. The molecule has 0 aliphatic heterocycles. The van der Waals surface area contributed by atoms with Gasteiger partial charge in [-0.2, -0.15) is 0 Å². The number of fused-ring (bicyclic) bond motifs is 1. The summed E-state index contributed by atoms with van der Waals surface area (Å²) in [6.45, 7) is 0.519. The van der Waals surface area contributed by atoms with Gasteiger partial charge in [0.25, 0.3) is 0 Å². The monoisotopic (exact) mass is 336 g/mol. The van der Waals surface area contributed by atoms with Crippen LogP contribution in [-0.2, 0) is 22.4 Å². The van der Waals surface area contributed by atoms with Gasteiger partial charge in [-0.05, 0) is 23.6 Å². The highest BCUT2D eigenvalue weighted by Gasteiger charge is 2.21. The lowest BCUT2D eigenvalue weighted by Gasteiger charge is -2.28. The van der Waals surface area contributed by atoms with Crippen LogP contribution in [0.25, 0.3) is 10.9 Å². The highest BCUT2D eigenvalue weighted by molar-refractivity contribution is 5.88. The van der Waals surface area contributed by atoms with Crippen LogP contribution in [0.4, 0.5) is 0 Å². The number of nitrogens with zero attached hydrogens (tertiary/aromatic N) is 1. The van der Waals surface area contributed by atoms with E-state index in [0.717, 1.165) is 22.9 Å². The smallest absolute Gasteiger partial charge is 0.227 e. The third-order valence-electron chi connectivity index (χ3n) is 4.63. The molecule has 4 heteroatoms. The molecule has 0 saturated carbocycles. The van der Waals surface area contributed by atoms with E-state index in [1.807, 2.05) is 60.6 Å². The Morgan fingerprint density at radius 1 is 1.12 bits per heavy atom. The third-order valence-corrected chi connectivity index (χ3v) is 4.63. The summed E-state index contributed by atoms with van der Waals surface area (Å²) >= 11 is 0. The van der Waals surface area contributed by atoms with Crippen molar-refractivity contribution in [3.63, 3.8) is 0 Å². The van der Waals surface area contributed by atoms with Gasteiger partial charge in [-0.15, -0.1) is 0 Å². The van der Waals surface area contributed by atoms with Gasteiger partial charge < -0.3 is 14.6 Å². The fourth-order valence-corrected chi connectivity index (χ4v) is 3.16. The molecule has 0 aliphatic rings. The number of carbonyl (C=O) groups excluding carboxylic acids is 1. The molecular weight excluding hydrogens is 312 g/mol. The zero-order chi connectivity index (χ0) is 17.6. The minimum atomic E-state index is 0.0186. The van der Waals surface area contributed by atoms with Crippen LogP contribution in [-0.4, -0.2) is 42.6 Å². The number of aromatic nitrogens is 1. The summed E-state index contributed by atoms with van der Waals surface area (Å²) < 4.78 is 5.35. The van der Waals surface area contributed by atoms with E-state index in [-0.39, 0.29) is 11.9 Å². The van der Waals surface area contributed by atoms with E-state index in [0.29, 0.717) is 13.0 Å². The fourth-order valence-electron chi connectivity index (χ4n) is 3.16. The normalized spacial score (nSPS) is 12.2. The van der Waals surface area contributed by atoms with Crippen molar-refractivity contribution in [2.75, 3.05) is 20.8 Å². The lowest BCUT2D eigenvalue weighted by Crippen LogP contribution is -2.42. The van der Waals surface area contributed by atoms with E-state index in [1.54, 1.807) is 7.11 Å². The zero-order valence-electron chi connectivity index (χ0n) is 14.7. The maximum atomic E-state index is 12.8. The standard InChI is InChI=1S/C21H24N2O2/c1-23(18(15-25-2)12-16-8-4-3-5-9-16)21(24)13-17-14-22-20-11-7-6-10-19(17)20/h3-11,14,18,22H,12-13,15H2,1-2H3/t18-/m0/s1. The fraction of sp³-hybridized carbons (Fsp3) is 0.286. The second-order valence-electron chi connectivity index (χ2n) is 6.34. The van der Waals surface area contributed by atoms with Crippen LogP contribution >= 0.6 is 0 Å². The topological polar surface area (TPSA) is 45.3 Å². The number of hydrogen-bond acceptors (Lipinski definition) is 2. The Morgan fingerprint density at radius 3 is 2.60 bits per heavy atom. The molecule has 0 spiro atoms. The Morgan fingerprint density at radius 2 is 1.84 bits per heavy atom. The number of benzene rings is 2. The summed E-state index contributed by atoms with van der Waals surface area (Å²) in [4.78, 5) is 17.9. The molecule has 1 N–H and O–H groups in total. The SMILES string of the molecule is COC[C@H](Cc1ccccc1)N(C)C(=O)Cc1c[nH]c2ccccc12. The van der Waals surface area contributed by atoms with E-state index in [4.69, 9.17) is 4.74 Å². The van der Waals surface area contributed by atoms with Crippen LogP contribution in [0.2, 0.25) is 0 Å². The van der Waals surface area contributed by atoms with Crippen molar-refractivity contribution in [1.82, 2.24) is 9.88 Å². The van der Waals surface area contributed by atoms with Crippen LogP contribution in [0.5, 0.6) is 0 Å². The average Bonchev–Trinajstić information content (AvgIpc) is 3.04. The van der Waals surface area contributed by atoms with Crippen LogP contribution in [0.1, 0.15) is 11.1 Å². The first-order chi connectivity index (χ1) is 12.2. The molecule has 1 amide bonds. The summed E-state index contributed by atoms with van der Waals surface area (Å²) in [6.07, 6.45) is 3.10. The Bertz CT molecular complexity index is 826. The van der Waals surface area contributed by atoms with Crippen molar-refractivity contribution in [3.05, 3.63) is 71.9 Å². The van der Waals surface area contributed by atoms with E-state index in [2.05, 4.69) is 17.1 Å². The third kappa shape index (κ3) is 4.09. The first-order valence-electron chi connectivity index (χ1n) is 8.52. The van der Waals surface area contributed by atoms with Gasteiger partial charge in [-0.1, -0.05) is 48.5 Å². The molecule has 0 aliphatic carbocycles. The van der Waals surface area contributed by atoms with Gasteiger partial charge in [0, 0.05) is 31.3 Å². The predicted octanol–water partition coefficient (Wildman–Crippen LogP) is 3.43. The molecular formula is C21H24N2O2. The number of carbonyl (C=O) groups is 1. The van der Waals surface area contributed by atoms with E-state index in [9.17, 15) is 4.79 Å². The molecule has 0 bridgehead atoms. The Kier molecular flexibility index (Phi) is 5.51. The number of ether oxygens (including phenoxy) is 1. The summed E-state index contributed by atoms with van der Waals surface area (Å²) in [7, 11) is 3.54. The maximum Gasteiger partial charge on any atom is 0.227 e. The van der Waals surface area contributed by atoms with Gasteiger partial charge in [0.05, 0.1) is 19.1 Å². The first-order valence-corrected chi connectivity index (χ1v) is 8.52. The minimum Gasteiger partial charge on any atom is -0.383 e. The molecule has 1 aromatic heterocycles. The highest BCUT2D eigenvalue weighted by atomic mass is 16.5. The lowest BCUT2D eigenvalue weighted by molar-refractivity contribution is -0.132. The summed E-state index contributed by atoms with van der Waals surface area (Å²) in [5, 5.41) is 1.11. The molecule has 3 rings (SSSR count). The molecule has 25 heavy (non-hydrogen) atoms. The zero-order valence-corrected chi connectivity index (χ0v) is 14.7. The quantitative estimate of drug-likeness (QED) is 0.718. The van der Waals surface area contributed by atoms with Gasteiger partial charge in [0.2, 0.25) is 5.91 Å². The van der Waals surface area contributed by atoms with Crippen molar-refractivity contribution in [2.45, 2.75) is 18.9 Å². The van der Waals surface area contributed by atoms with Gasteiger partial charge >= 0.3 is 0 Å². The average molecular weight is 336 g/mol. The van der Waals surface area contributed by atoms with E-state index < -0.39 is 0 Å². The van der Waals surface area contributed by atoms with Gasteiger partial charge in [-0.25, -0.2) is 0 Å². The maximum absolute atomic E-state index is 12.8. The number of para-hydroxylation sites is 1. The van der Waals surface area contributed by atoms with Crippen molar-refractivity contribution in [1.29, 1.82) is 0 Å². The molecule has 130 valence electrons. The number of methoxy groups -OCH3 is 1. The van der Waals surface area contributed by atoms with Crippen molar-refractivity contribution in [2.24, 2.45) is 0 Å². The Labute approximate surface area is 148 Å². The van der Waals surface area contributed by atoms with Crippen molar-refractivity contribution in [3.8, 4) is 0 Å². The number of amides is 1. The molecule has 0 fully saturated rings. The van der Waals surface area contributed by atoms with Crippen molar-refractivity contribution >= 4 is 16.8 Å². The molecule has 1 atom stereocenters. The molecule has 4 nitrogen and oxygen atoms in total. The molecule has 0 unspecified atom stereocenters. The van der Waals surface area contributed by atoms with Gasteiger partial charge in [-0.3, -0.25) is 4.79 Å². The Balaban J connectivity index is 1.72. The number of likely N-dealkylation sites (N-methyl/N-ethyl adjacent to an activating group) is 1. The summed E-state index contributed by atoms with van der Waals surface area (Å²) in [5.74, 6) is 0.0998. The van der Waals surface area contributed by atoms with Crippen LogP contribution in [0.3, 0.4) is 0 Å². The number of aromatic amines is 1. The van der Waals surface area contributed by atoms with Crippen LogP contribution in [0.15, 0.2) is 60.8 Å². The number of hydrogen-bond donors (Lipinski definition) is 1. The second-order valence-corrected chi connectivity index (χ2v) is 6.34. The molecule has 0 saturated heterocycles. The Hall–Kier alpha value is -2.59. The molecule has 0 radical (unpaired) electrons. The van der Waals surface area contributed by atoms with E-state index >= 15 is 0 Å². The molecule has 1 heterocycles. The van der Waals surface area contributed by atoms with Crippen LogP contribution < -0.4 is 0 Å². The molecule has 3 aromatic rings. The van der Waals surface area contributed by atoms with Gasteiger partial charge in [0.15, 0.2) is 0 Å². The number of rotatable bonds is 7. The van der Waals surface area contributed by atoms with E-state index in [1.165, 1.54) is 5.56 Å². The summed E-state index contributed by atoms with van der Waals surface area (Å²) in [5.41, 5.74) is 3.30.